The van der Waals surface area contributed by atoms with Gasteiger partial charge < -0.3 is 15.4 Å². The molecule has 0 heterocycles. The lowest BCUT2D eigenvalue weighted by atomic mass is 10.1. The van der Waals surface area contributed by atoms with Gasteiger partial charge in [0.25, 0.3) is 0 Å². The van der Waals surface area contributed by atoms with E-state index in [-0.39, 0.29) is 5.91 Å². The Morgan fingerprint density at radius 1 is 1.42 bits per heavy atom. The van der Waals surface area contributed by atoms with Gasteiger partial charge in [-0.15, -0.1) is 0 Å². The predicted molar refractivity (Wildman–Crippen MR) is 77.0 cm³/mol. The van der Waals surface area contributed by atoms with Gasteiger partial charge >= 0.3 is 0 Å². The maximum Gasteiger partial charge on any atom is 0.239 e. The van der Waals surface area contributed by atoms with Crippen LogP contribution in [0, 0.1) is 0 Å². The molecule has 0 radical (unpaired) electrons. The van der Waals surface area contributed by atoms with Crippen molar-refractivity contribution in [3.05, 3.63) is 29.8 Å². The van der Waals surface area contributed by atoms with Crippen molar-refractivity contribution in [2.45, 2.75) is 38.8 Å². The van der Waals surface area contributed by atoms with Crippen molar-refractivity contribution in [1.29, 1.82) is 0 Å². The summed E-state index contributed by atoms with van der Waals surface area (Å²) in [5.74, 6) is 0.781. The third-order valence-corrected chi connectivity index (χ3v) is 3.16. The molecule has 0 aliphatic heterocycles. The number of ether oxygens (including phenoxy) is 1. The van der Waals surface area contributed by atoms with Crippen LogP contribution in [0.3, 0.4) is 0 Å². The smallest absolute Gasteiger partial charge is 0.239 e. The van der Waals surface area contributed by atoms with Crippen LogP contribution in [0.5, 0.6) is 5.75 Å². The van der Waals surface area contributed by atoms with E-state index in [1.165, 1.54) is 0 Å². The average Bonchev–Trinajstić information content (AvgIpc) is 2.44. The van der Waals surface area contributed by atoms with E-state index in [9.17, 15) is 4.79 Å². The predicted octanol–water partition coefficient (Wildman–Crippen LogP) is 2.17. The second-order valence-corrected chi connectivity index (χ2v) is 4.75. The maximum absolute atomic E-state index is 12.1. The number of benzene rings is 1. The standard InChI is InChI=1S/C15H24N2O2/c1-4-5-9-13(16)15(18)17(2)11-12-8-6-7-10-14(12)19-3/h6-8,10,13H,4-5,9,11,16H2,1-3H3. The van der Waals surface area contributed by atoms with Crippen molar-refractivity contribution in [2.24, 2.45) is 5.73 Å². The maximum atomic E-state index is 12.1. The Kier molecular flexibility index (Phi) is 6.36. The van der Waals surface area contributed by atoms with E-state index in [0.29, 0.717) is 6.54 Å². The number of rotatable bonds is 7. The first-order chi connectivity index (χ1) is 9.10. The van der Waals surface area contributed by atoms with Crippen LogP contribution in [-0.2, 0) is 11.3 Å². The highest BCUT2D eigenvalue weighted by molar-refractivity contribution is 5.81. The highest BCUT2D eigenvalue weighted by Crippen LogP contribution is 2.19. The van der Waals surface area contributed by atoms with Gasteiger partial charge in [-0.3, -0.25) is 4.79 Å². The summed E-state index contributed by atoms with van der Waals surface area (Å²) in [7, 11) is 3.41. The molecule has 0 aliphatic rings. The van der Waals surface area contributed by atoms with E-state index in [0.717, 1.165) is 30.6 Å². The fraction of sp³-hybridized carbons (Fsp3) is 0.533. The van der Waals surface area contributed by atoms with Gasteiger partial charge in [-0.05, 0) is 12.5 Å². The molecule has 1 aromatic carbocycles. The van der Waals surface area contributed by atoms with Crippen LogP contribution in [0.4, 0.5) is 0 Å². The largest absolute Gasteiger partial charge is 0.496 e. The van der Waals surface area contributed by atoms with E-state index >= 15 is 0 Å². The Labute approximate surface area is 115 Å². The van der Waals surface area contributed by atoms with E-state index in [2.05, 4.69) is 6.92 Å². The lowest BCUT2D eigenvalue weighted by molar-refractivity contribution is -0.132. The van der Waals surface area contributed by atoms with Gasteiger partial charge in [-0.2, -0.15) is 0 Å². The Morgan fingerprint density at radius 2 is 2.11 bits per heavy atom. The molecule has 0 bridgehead atoms. The Balaban J connectivity index is 2.63. The molecule has 0 saturated heterocycles. The topological polar surface area (TPSA) is 55.6 Å². The molecule has 1 amide bonds. The highest BCUT2D eigenvalue weighted by atomic mass is 16.5. The first-order valence-corrected chi connectivity index (χ1v) is 6.72. The fourth-order valence-electron chi connectivity index (χ4n) is 2.00. The summed E-state index contributed by atoms with van der Waals surface area (Å²) >= 11 is 0. The Morgan fingerprint density at radius 3 is 2.74 bits per heavy atom. The van der Waals surface area contributed by atoms with Crippen molar-refractivity contribution in [1.82, 2.24) is 4.90 Å². The number of carbonyl (C=O) groups excluding carboxylic acids is 1. The zero-order chi connectivity index (χ0) is 14.3. The summed E-state index contributed by atoms with van der Waals surface area (Å²) in [4.78, 5) is 13.8. The Hall–Kier alpha value is -1.55. The second kappa shape index (κ2) is 7.79. The molecule has 0 aliphatic carbocycles. The first kappa shape index (κ1) is 15.5. The molecule has 1 unspecified atom stereocenters. The lowest BCUT2D eigenvalue weighted by Crippen LogP contribution is -2.41. The van der Waals surface area contributed by atoms with Gasteiger partial charge in [0, 0.05) is 19.2 Å². The van der Waals surface area contributed by atoms with Gasteiger partial charge in [0.2, 0.25) is 5.91 Å². The van der Waals surface area contributed by atoms with Crippen LogP contribution in [-0.4, -0.2) is 31.0 Å². The van der Waals surface area contributed by atoms with E-state index in [4.69, 9.17) is 10.5 Å². The van der Waals surface area contributed by atoms with Gasteiger partial charge in [0.05, 0.1) is 13.2 Å². The minimum atomic E-state index is -0.403. The lowest BCUT2D eigenvalue weighted by Gasteiger charge is -2.22. The average molecular weight is 264 g/mol. The number of hydrogen-bond donors (Lipinski definition) is 1. The minimum Gasteiger partial charge on any atom is -0.496 e. The number of likely N-dealkylation sites (N-methyl/N-ethyl adjacent to an activating group) is 1. The molecule has 19 heavy (non-hydrogen) atoms. The van der Waals surface area contributed by atoms with Gasteiger partial charge in [-0.25, -0.2) is 0 Å². The first-order valence-electron chi connectivity index (χ1n) is 6.72. The van der Waals surface area contributed by atoms with Crippen LogP contribution in [0.1, 0.15) is 31.7 Å². The molecule has 0 saturated carbocycles. The van der Waals surface area contributed by atoms with E-state index < -0.39 is 6.04 Å². The quantitative estimate of drug-likeness (QED) is 0.821. The number of amides is 1. The molecule has 1 atom stereocenters. The molecule has 1 aromatic rings. The summed E-state index contributed by atoms with van der Waals surface area (Å²) in [5.41, 5.74) is 6.90. The van der Waals surface area contributed by atoms with Crippen molar-refractivity contribution in [2.75, 3.05) is 14.2 Å². The number of methoxy groups -OCH3 is 1. The molecular weight excluding hydrogens is 240 g/mol. The minimum absolute atomic E-state index is 0.0145. The van der Waals surface area contributed by atoms with Crippen LogP contribution in [0.25, 0.3) is 0 Å². The van der Waals surface area contributed by atoms with Gasteiger partial charge in [0.1, 0.15) is 5.75 Å². The van der Waals surface area contributed by atoms with Crippen LogP contribution >= 0.6 is 0 Å². The van der Waals surface area contributed by atoms with Crippen molar-refractivity contribution >= 4 is 5.91 Å². The van der Waals surface area contributed by atoms with Gasteiger partial charge in [0.15, 0.2) is 0 Å². The number of para-hydroxylation sites is 1. The molecule has 2 N–H and O–H groups in total. The van der Waals surface area contributed by atoms with E-state index in [1.54, 1.807) is 19.1 Å². The molecule has 106 valence electrons. The summed E-state index contributed by atoms with van der Waals surface area (Å²) in [6.45, 7) is 2.61. The molecule has 4 nitrogen and oxygen atoms in total. The summed E-state index contributed by atoms with van der Waals surface area (Å²) in [6.07, 6.45) is 2.78. The molecule has 0 spiro atoms. The number of nitrogens with two attached hydrogens (primary N) is 1. The zero-order valence-corrected chi connectivity index (χ0v) is 12.1. The monoisotopic (exact) mass is 264 g/mol. The fourth-order valence-corrected chi connectivity index (χ4v) is 2.00. The highest BCUT2D eigenvalue weighted by Gasteiger charge is 2.18. The number of unbranched alkanes of at least 4 members (excludes halogenated alkanes) is 1. The number of hydrogen-bond acceptors (Lipinski definition) is 3. The molecule has 4 heteroatoms. The number of carbonyl (C=O) groups is 1. The van der Waals surface area contributed by atoms with Gasteiger partial charge in [-0.1, -0.05) is 38.0 Å². The zero-order valence-electron chi connectivity index (χ0n) is 12.1. The number of nitrogens with zero attached hydrogens (tertiary/aromatic N) is 1. The summed E-state index contributed by atoms with van der Waals surface area (Å²) < 4.78 is 5.28. The second-order valence-electron chi connectivity index (χ2n) is 4.75. The van der Waals surface area contributed by atoms with E-state index in [1.807, 2.05) is 24.3 Å². The molecule has 0 aromatic heterocycles. The summed E-state index contributed by atoms with van der Waals surface area (Å²) in [5, 5.41) is 0. The van der Waals surface area contributed by atoms with Crippen LogP contribution < -0.4 is 10.5 Å². The molecule has 1 rings (SSSR count). The third kappa shape index (κ3) is 4.56. The Bertz CT molecular complexity index is 407. The summed E-state index contributed by atoms with van der Waals surface area (Å²) in [6, 6.07) is 7.30. The normalized spacial score (nSPS) is 12.0. The SMILES string of the molecule is CCCCC(N)C(=O)N(C)Cc1ccccc1OC. The molecule has 0 fully saturated rings. The molecular formula is C15H24N2O2. The van der Waals surface area contributed by atoms with Crippen LogP contribution in [0.15, 0.2) is 24.3 Å². The van der Waals surface area contributed by atoms with Crippen molar-refractivity contribution in [3.8, 4) is 5.75 Å². The van der Waals surface area contributed by atoms with Crippen molar-refractivity contribution in [3.63, 3.8) is 0 Å². The van der Waals surface area contributed by atoms with Crippen LogP contribution in [0.2, 0.25) is 0 Å². The third-order valence-electron chi connectivity index (χ3n) is 3.16. The van der Waals surface area contributed by atoms with Crippen molar-refractivity contribution < 1.29 is 9.53 Å².